The normalized spacial score (nSPS) is 14.7. The van der Waals surface area contributed by atoms with Crippen molar-refractivity contribution in [3.63, 3.8) is 0 Å². The van der Waals surface area contributed by atoms with E-state index >= 15 is 0 Å². The first-order chi connectivity index (χ1) is 14.1. The van der Waals surface area contributed by atoms with Crippen LogP contribution in [0.1, 0.15) is 43.0 Å². The molecular weight excluding hydrogens is 360 g/mol. The summed E-state index contributed by atoms with van der Waals surface area (Å²) in [5.41, 5.74) is 4.43. The van der Waals surface area contributed by atoms with Crippen molar-refractivity contribution in [2.45, 2.75) is 45.8 Å². The van der Waals surface area contributed by atoms with E-state index in [1.54, 1.807) is 0 Å². The van der Waals surface area contributed by atoms with Gasteiger partial charge >= 0.3 is 0 Å². The highest BCUT2D eigenvalue weighted by Gasteiger charge is 2.22. The Kier molecular flexibility index (Phi) is 5.91. The third kappa shape index (κ3) is 5.21. The van der Waals surface area contributed by atoms with Gasteiger partial charge in [0.15, 0.2) is 0 Å². The summed E-state index contributed by atoms with van der Waals surface area (Å²) >= 11 is 0. The molecule has 1 fully saturated rings. The number of rotatable bonds is 9. The molecule has 1 atom stereocenters. The van der Waals surface area contributed by atoms with Gasteiger partial charge < -0.3 is 14.9 Å². The number of pyridine rings is 1. The summed E-state index contributed by atoms with van der Waals surface area (Å²) in [6.45, 7) is 5.38. The smallest absolute Gasteiger partial charge is 0.122 e. The minimum Gasteiger partial charge on any atom is -0.489 e. The Bertz CT molecular complexity index is 996. The molecule has 0 spiro atoms. The Morgan fingerprint density at radius 2 is 1.93 bits per heavy atom. The number of nitrogens with one attached hydrogen (secondary N) is 1. The van der Waals surface area contributed by atoms with Crippen molar-refractivity contribution >= 4 is 16.6 Å². The van der Waals surface area contributed by atoms with Crippen molar-refractivity contribution in [1.29, 1.82) is 5.41 Å². The average Bonchev–Trinajstić information content (AvgIpc) is 3.55. The van der Waals surface area contributed by atoms with Crippen LogP contribution in [-0.4, -0.2) is 23.4 Å². The Labute approximate surface area is 172 Å². The second-order valence-electron chi connectivity index (χ2n) is 8.03. The van der Waals surface area contributed by atoms with Crippen molar-refractivity contribution in [3.05, 3.63) is 71.4 Å². The molecule has 1 N–H and O–H groups in total. The molecule has 0 aliphatic heterocycles. The molecule has 0 amide bonds. The van der Waals surface area contributed by atoms with E-state index in [4.69, 9.17) is 14.9 Å². The van der Waals surface area contributed by atoms with E-state index in [1.165, 1.54) is 12.8 Å². The average molecular weight is 389 g/mol. The Morgan fingerprint density at radius 3 is 2.69 bits per heavy atom. The summed E-state index contributed by atoms with van der Waals surface area (Å²) in [7, 11) is 0. The van der Waals surface area contributed by atoms with Gasteiger partial charge in [0, 0.05) is 41.4 Å². The summed E-state index contributed by atoms with van der Waals surface area (Å²) in [4.78, 5) is 4.67. The lowest BCUT2D eigenvalue weighted by Gasteiger charge is -2.16. The van der Waals surface area contributed by atoms with Crippen molar-refractivity contribution < 1.29 is 9.47 Å². The first-order valence-corrected chi connectivity index (χ1v) is 10.4. The number of benzene rings is 2. The standard InChI is InChI=1S/C25H28N2O2/c1-17-12-23(24(26)13-18(2)28-15-20-8-9-20)22-11-10-21(14-25(22)27-17)29-16-19-6-4-3-5-7-19/h3-7,10-12,14,18,20,26H,8-9,13,15-16H2,1-2H3/t18-/m0/s1. The summed E-state index contributed by atoms with van der Waals surface area (Å²) in [6.07, 6.45) is 3.23. The molecule has 4 rings (SSSR count). The SMILES string of the molecule is Cc1cc(C(=N)C[C@H](C)OCC2CC2)c2ccc(OCc3ccccc3)cc2n1. The first-order valence-electron chi connectivity index (χ1n) is 10.4. The van der Waals surface area contributed by atoms with Crippen LogP contribution in [0.2, 0.25) is 0 Å². The fourth-order valence-corrected chi connectivity index (χ4v) is 3.46. The van der Waals surface area contributed by atoms with Crippen molar-refractivity contribution in [1.82, 2.24) is 4.98 Å². The Balaban J connectivity index is 1.49. The summed E-state index contributed by atoms with van der Waals surface area (Å²) in [5.74, 6) is 1.53. The molecule has 4 nitrogen and oxygen atoms in total. The van der Waals surface area contributed by atoms with E-state index in [0.29, 0.717) is 18.7 Å². The fourth-order valence-electron chi connectivity index (χ4n) is 3.46. The highest BCUT2D eigenvalue weighted by atomic mass is 16.5. The van der Waals surface area contributed by atoms with E-state index in [2.05, 4.69) is 24.0 Å². The van der Waals surface area contributed by atoms with Gasteiger partial charge in [-0.3, -0.25) is 4.98 Å². The molecule has 0 saturated heterocycles. The maximum Gasteiger partial charge on any atom is 0.122 e. The first kappa shape index (κ1) is 19.6. The Hall–Kier alpha value is -2.72. The number of nitrogens with zero attached hydrogens (tertiary/aromatic N) is 1. The molecule has 1 aliphatic carbocycles. The summed E-state index contributed by atoms with van der Waals surface area (Å²) in [6, 6.07) is 18.1. The zero-order valence-electron chi connectivity index (χ0n) is 17.2. The maximum absolute atomic E-state index is 8.65. The van der Waals surface area contributed by atoms with E-state index < -0.39 is 0 Å². The summed E-state index contributed by atoms with van der Waals surface area (Å²) in [5, 5.41) is 9.64. The van der Waals surface area contributed by atoms with E-state index in [0.717, 1.165) is 46.0 Å². The lowest BCUT2D eigenvalue weighted by atomic mass is 9.99. The van der Waals surface area contributed by atoms with Crippen LogP contribution in [0.5, 0.6) is 5.75 Å². The predicted octanol–water partition coefficient (Wildman–Crippen LogP) is 5.70. The van der Waals surface area contributed by atoms with Crippen LogP contribution in [0.15, 0.2) is 54.6 Å². The Morgan fingerprint density at radius 1 is 1.14 bits per heavy atom. The van der Waals surface area contributed by atoms with Crippen LogP contribution in [0.4, 0.5) is 0 Å². The van der Waals surface area contributed by atoms with Gasteiger partial charge in [0.25, 0.3) is 0 Å². The molecule has 150 valence electrons. The van der Waals surface area contributed by atoms with Crippen molar-refractivity contribution in [3.8, 4) is 5.75 Å². The zero-order chi connectivity index (χ0) is 20.2. The van der Waals surface area contributed by atoms with Crippen LogP contribution < -0.4 is 4.74 Å². The maximum atomic E-state index is 8.65. The zero-order valence-corrected chi connectivity index (χ0v) is 17.2. The van der Waals surface area contributed by atoms with Crippen LogP contribution >= 0.6 is 0 Å². The third-order valence-electron chi connectivity index (χ3n) is 5.29. The van der Waals surface area contributed by atoms with Gasteiger partial charge in [-0.25, -0.2) is 0 Å². The molecule has 0 radical (unpaired) electrons. The van der Waals surface area contributed by atoms with Gasteiger partial charge in [0.2, 0.25) is 0 Å². The molecule has 1 aromatic heterocycles. The molecular formula is C25H28N2O2. The van der Waals surface area contributed by atoms with Gasteiger partial charge in [0.05, 0.1) is 11.6 Å². The van der Waals surface area contributed by atoms with Gasteiger partial charge in [0.1, 0.15) is 12.4 Å². The lowest BCUT2D eigenvalue weighted by molar-refractivity contribution is 0.0632. The molecule has 4 heteroatoms. The van der Waals surface area contributed by atoms with Crippen LogP contribution in [-0.2, 0) is 11.3 Å². The van der Waals surface area contributed by atoms with E-state index in [-0.39, 0.29) is 6.10 Å². The molecule has 3 aromatic rings. The topological polar surface area (TPSA) is 55.2 Å². The molecule has 0 bridgehead atoms. The van der Waals surface area contributed by atoms with Gasteiger partial charge in [-0.05, 0) is 56.4 Å². The molecule has 1 heterocycles. The molecule has 29 heavy (non-hydrogen) atoms. The van der Waals surface area contributed by atoms with E-state index in [9.17, 15) is 0 Å². The highest BCUT2D eigenvalue weighted by Crippen LogP contribution is 2.30. The predicted molar refractivity (Wildman–Crippen MR) is 117 cm³/mol. The van der Waals surface area contributed by atoms with Gasteiger partial charge in [-0.1, -0.05) is 30.3 Å². The molecule has 2 aromatic carbocycles. The van der Waals surface area contributed by atoms with E-state index in [1.807, 2.05) is 49.4 Å². The number of hydrogen-bond acceptors (Lipinski definition) is 4. The van der Waals surface area contributed by atoms with Crippen LogP contribution in [0, 0.1) is 18.3 Å². The number of aromatic nitrogens is 1. The van der Waals surface area contributed by atoms with Gasteiger partial charge in [-0.2, -0.15) is 0 Å². The minimum atomic E-state index is 0.0556. The molecule has 1 aliphatic rings. The number of hydrogen-bond donors (Lipinski definition) is 1. The third-order valence-corrected chi connectivity index (χ3v) is 5.29. The monoisotopic (exact) mass is 388 g/mol. The largest absolute Gasteiger partial charge is 0.489 e. The number of ether oxygens (including phenoxy) is 2. The quantitative estimate of drug-likeness (QED) is 0.479. The second kappa shape index (κ2) is 8.75. The van der Waals surface area contributed by atoms with Crippen LogP contribution in [0.25, 0.3) is 10.9 Å². The van der Waals surface area contributed by atoms with Crippen molar-refractivity contribution in [2.75, 3.05) is 6.61 Å². The number of fused-ring (bicyclic) bond motifs is 1. The van der Waals surface area contributed by atoms with Crippen molar-refractivity contribution in [2.24, 2.45) is 5.92 Å². The molecule has 1 saturated carbocycles. The minimum absolute atomic E-state index is 0.0556. The fraction of sp³-hybridized carbons (Fsp3) is 0.360. The summed E-state index contributed by atoms with van der Waals surface area (Å²) < 4.78 is 11.9. The van der Waals surface area contributed by atoms with Gasteiger partial charge in [-0.15, -0.1) is 0 Å². The molecule has 0 unspecified atom stereocenters. The second-order valence-corrected chi connectivity index (χ2v) is 8.03. The van der Waals surface area contributed by atoms with Crippen LogP contribution in [0.3, 0.4) is 0 Å². The number of aryl methyl sites for hydroxylation is 1. The highest BCUT2D eigenvalue weighted by molar-refractivity contribution is 6.09. The lowest BCUT2D eigenvalue weighted by Crippen LogP contribution is -2.16.